The minimum Gasteiger partial charge on any atom is -0.0879 e. The van der Waals surface area contributed by atoms with Crippen molar-refractivity contribution in [3.63, 3.8) is 0 Å². The lowest BCUT2D eigenvalue weighted by molar-refractivity contribution is 0.430. The van der Waals surface area contributed by atoms with Crippen molar-refractivity contribution in [1.82, 2.24) is 0 Å². The third-order valence-electron chi connectivity index (χ3n) is 2.08. The molecule has 0 unspecified atom stereocenters. The molecule has 1 aliphatic carbocycles. The van der Waals surface area contributed by atoms with E-state index in [0.29, 0.717) is 0 Å². The van der Waals surface area contributed by atoms with E-state index in [9.17, 15) is 0 Å². The SMILES string of the molecule is CCSC#CC1CCCCC1. The van der Waals surface area contributed by atoms with Crippen LogP contribution in [0.5, 0.6) is 0 Å². The second-order valence-corrected chi connectivity index (χ2v) is 4.08. The molecule has 1 fully saturated rings. The van der Waals surface area contributed by atoms with Crippen LogP contribution in [-0.4, -0.2) is 5.75 Å². The normalized spacial score (nSPS) is 19.0. The minimum absolute atomic E-state index is 0.725. The predicted octanol–water partition coefficient (Wildman–Crippen LogP) is 3.28. The maximum Gasteiger partial charge on any atom is 0.0211 e. The van der Waals surface area contributed by atoms with Gasteiger partial charge in [-0.1, -0.05) is 43.9 Å². The van der Waals surface area contributed by atoms with Crippen LogP contribution in [0, 0.1) is 17.1 Å². The topological polar surface area (TPSA) is 0 Å². The second kappa shape index (κ2) is 5.55. The molecule has 0 aliphatic heterocycles. The van der Waals surface area contributed by atoms with E-state index in [-0.39, 0.29) is 0 Å². The molecule has 1 aliphatic rings. The molecule has 0 bridgehead atoms. The summed E-state index contributed by atoms with van der Waals surface area (Å²) in [5.41, 5.74) is 0. The first-order valence-electron chi connectivity index (χ1n) is 4.56. The second-order valence-electron chi connectivity index (χ2n) is 3.01. The van der Waals surface area contributed by atoms with Crippen molar-refractivity contribution in [3.8, 4) is 11.2 Å². The van der Waals surface area contributed by atoms with Crippen LogP contribution in [0.3, 0.4) is 0 Å². The average Bonchev–Trinajstić information content (AvgIpc) is 2.07. The van der Waals surface area contributed by atoms with E-state index in [1.165, 1.54) is 32.1 Å². The Morgan fingerprint density at radius 3 is 2.64 bits per heavy atom. The Morgan fingerprint density at radius 1 is 1.27 bits per heavy atom. The Hall–Kier alpha value is -0.0900. The monoisotopic (exact) mass is 168 g/mol. The van der Waals surface area contributed by atoms with Crippen LogP contribution < -0.4 is 0 Å². The van der Waals surface area contributed by atoms with Gasteiger partial charge in [0.15, 0.2) is 0 Å². The molecule has 1 heteroatoms. The average molecular weight is 168 g/mol. The number of hydrogen-bond donors (Lipinski definition) is 0. The molecule has 0 aromatic rings. The van der Waals surface area contributed by atoms with Gasteiger partial charge in [-0.25, -0.2) is 0 Å². The Labute approximate surface area is 74.1 Å². The summed E-state index contributed by atoms with van der Waals surface area (Å²) < 4.78 is 0. The Bertz CT molecular complexity index is 146. The van der Waals surface area contributed by atoms with Gasteiger partial charge in [0.1, 0.15) is 0 Å². The van der Waals surface area contributed by atoms with Crippen LogP contribution in [0.25, 0.3) is 0 Å². The highest BCUT2D eigenvalue weighted by molar-refractivity contribution is 8.03. The van der Waals surface area contributed by atoms with Gasteiger partial charge in [0.05, 0.1) is 0 Å². The molecular weight excluding hydrogens is 152 g/mol. The standard InChI is InChI=1S/C10H16S/c1-2-11-9-8-10-6-4-3-5-7-10/h10H,2-7H2,1H3. The lowest BCUT2D eigenvalue weighted by Gasteiger charge is -2.15. The molecule has 0 saturated heterocycles. The minimum atomic E-state index is 0.725. The molecule has 0 heterocycles. The van der Waals surface area contributed by atoms with Crippen LogP contribution in [0.4, 0.5) is 0 Å². The third kappa shape index (κ3) is 3.72. The summed E-state index contributed by atoms with van der Waals surface area (Å²) in [4.78, 5) is 0. The van der Waals surface area contributed by atoms with Gasteiger partial charge in [-0.2, -0.15) is 0 Å². The van der Waals surface area contributed by atoms with Gasteiger partial charge in [0.25, 0.3) is 0 Å². The first-order chi connectivity index (χ1) is 5.43. The molecule has 1 saturated carbocycles. The van der Waals surface area contributed by atoms with Crippen molar-refractivity contribution in [3.05, 3.63) is 0 Å². The smallest absolute Gasteiger partial charge is 0.0211 e. The molecular formula is C10H16S. The van der Waals surface area contributed by atoms with Gasteiger partial charge in [-0.3, -0.25) is 0 Å². The Kier molecular flexibility index (Phi) is 4.54. The van der Waals surface area contributed by atoms with Gasteiger partial charge in [0.2, 0.25) is 0 Å². The molecule has 0 atom stereocenters. The van der Waals surface area contributed by atoms with E-state index in [1.54, 1.807) is 11.8 Å². The lowest BCUT2D eigenvalue weighted by Crippen LogP contribution is -2.02. The van der Waals surface area contributed by atoms with Gasteiger partial charge in [-0.15, -0.1) is 0 Å². The molecule has 62 valence electrons. The van der Waals surface area contributed by atoms with Crippen molar-refractivity contribution >= 4 is 11.8 Å². The van der Waals surface area contributed by atoms with Gasteiger partial charge in [0, 0.05) is 11.7 Å². The van der Waals surface area contributed by atoms with Crippen molar-refractivity contribution in [2.75, 3.05) is 5.75 Å². The maximum absolute atomic E-state index is 3.34. The molecule has 0 nitrogen and oxygen atoms in total. The third-order valence-corrected chi connectivity index (χ3v) is 2.64. The summed E-state index contributed by atoms with van der Waals surface area (Å²) in [6.07, 6.45) is 6.92. The summed E-state index contributed by atoms with van der Waals surface area (Å²) in [6, 6.07) is 0. The zero-order valence-electron chi connectivity index (χ0n) is 7.23. The van der Waals surface area contributed by atoms with Crippen molar-refractivity contribution in [2.45, 2.75) is 39.0 Å². The first kappa shape index (κ1) is 9.00. The summed E-state index contributed by atoms with van der Waals surface area (Å²) in [5, 5.41) is 3.17. The fourth-order valence-electron chi connectivity index (χ4n) is 1.44. The van der Waals surface area contributed by atoms with Gasteiger partial charge < -0.3 is 0 Å². The van der Waals surface area contributed by atoms with Crippen LogP contribution in [0.2, 0.25) is 0 Å². The fraction of sp³-hybridized carbons (Fsp3) is 0.800. The Balaban J connectivity index is 2.19. The van der Waals surface area contributed by atoms with Crippen LogP contribution >= 0.6 is 11.8 Å². The van der Waals surface area contributed by atoms with Gasteiger partial charge >= 0.3 is 0 Å². The molecule has 0 spiro atoms. The largest absolute Gasteiger partial charge is 0.0879 e. The summed E-state index contributed by atoms with van der Waals surface area (Å²) in [6.45, 7) is 2.15. The van der Waals surface area contributed by atoms with Crippen LogP contribution in [-0.2, 0) is 0 Å². The van der Waals surface area contributed by atoms with E-state index >= 15 is 0 Å². The summed E-state index contributed by atoms with van der Waals surface area (Å²) in [7, 11) is 0. The van der Waals surface area contributed by atoms with Crippen molar-refractivity contribution in [2.24, 2.45) is 5.92 Å². The zero-order valence-corrected chi connectivity index (χ0v) is 8.04. The van der Waals surface area contributed by atoms with Crippen LogP contribution in [0.15, 0.2) is 0 Å². The summed E-state index contributed by atoms with van der Waals surface area (Å²) in [5.74, 6) is 5.18. The van der Waals surface area contributed by atoms with Crippen molar-refractivity contribution in [1.29, 1.82) is 0 Å². The number of thioether (sulfide) groups is 1. The highest BCUT2D eigenvalue weighted by atomic mass is 32.2. The quantitative estimate of drug-likeness (QED) is 0.541. The lowest BCUT2D eigenvalue weighted by atomic mass is 9.90. The molecule has 0 aromatic carbocycles. The van der Waals surface area contributed by atoms with Crippen molar-refractivity contribution < 1.29 is 0 Å². The van der Waals surface area contributed by atoms with E-state index in [0.717, 1.165) is 11.7 Å². The number of rotatable bonds is 1. The molecule has 0 radical (unpaired) electrons. The predicted molar refractivity (Wildman–Crippen MR) is 52.5 cm³/mol. The highest BCUT2D eigenvalue weighted by Crippen LogP contribution is 2.22. The van der Waals surface area contributed by atoms with Gasteiger partial charge in [-0.05, 0) is 18.1 Å². The fourth-order valence-corrected chi connectivity index (χ4v) is 1.84. The summed E-state index contributed by atoms with van der Waals surface area (Å²) >= 11 is 1.74. The van der Waals surface area contributed by atoms with E-state index < -0.39 is 0 Å². The first-order valence-corrected chi connectivity index (χ1v) is 5.54. The highest BCUT2D eigenvalue weighted by Gasteiger charge is 2.09. The van der Waals surface area contributed by atoms with E-state index in [2.05, 4.69) is 18.1 Å². The zero-order chi connectivity index (χ0) is 7.94. The Morgan fingerprint density at radius 2 is 2.00 bits per heavy atom. The number of hydrogen-bond acceptors (Lipinski definition) is 1. The van der Waals surface area contributed by atoms with Crippen LogP contribution in [0.1, 0.15) is 39.0 Å². The maximum atomic E-state index is 3.34. The van der Waals surface area contributed by atoms with E-state index in [1.807, 2.05) is 0 Å². The molecule has 0 N–H and O–H groups in total. The molecule has 1 rings (SSSR count). The molecule has 11 heavy (non-hydrogen) atoms. The molecule has 0 aromatic heterocycles. The van der Waals surface area contributed by atoms with E-state index in [4.69, 9.17) is 0 Å². The molecule has 0 amide bonds.